The number of carbonyl (C=O) groups excluding carboxylic acids is 1. The molecule has 1 saturated heterocycles. The van der Waals surface area contributed by atoms with Gasteiger partial charge < -0.3 is 10.6 Å². The number of carbonyl (C=O) groups is 1. The van der Waals surface area contributed by atoms with E-state index in [4.69, 9.17) is 5.73 Å². The molecular formula is C14H20ClFN2OS. The first-order valence-electron chi connectivity index (χ1n) is 6.39. The van der Waals surface area contributed by atoms with Gasteiger partial charge in [-0.1, -0.05) is 6.92 Å². The molecule has 1 aliphatic heterocycles. The highest BCUT2D eigenvalue weighted by Crippen LogP contribution is 2.29. The minimum absolute atomic E-state index is 0. The smallest absolute Gasteiger partial charge is 0.232 e. The highest BCUT2D eigenvalue weighted by Gasteiger charge is 2.34. The summed E-state index contributed by atoms with van der Waals surface area (Å²) >= 11 is 1.44. The van der Waals surface area contributed by atoms with Gasteiger partial charge in [0.2, 0.25) is 5.91 Å². The largest absolute Gasteiger partial charge is 0.341 e. The van der Waals surface area contributed by atoms with Crippen molar-refractivity contribution >= 4 is 30.1 Å². The Morgan fingerprint density at radius 2 is 2.10 bits per heavy atom. The maximum atomic E-state index is 12.8. The normalized spacial score (nSPS) is 21.6. The van der Waals surface area contributed by atoms with E-state index >= 15 is 0 Å². The van der Waals surface area contributed by atoms with Crippen molar-refractivity contribution in [1.29, 1.82) is 0 Å². The van der Waals surface area contributed by atoms with Gasteiger partial charge in [-0.25, -0.2) is 4.39 Å². The van der Waals surface area contributed by atoms with Crippen molar-refractivity contribution in [1.82, 2.24) is 4.90 Å². The fraction of sp³-hybridized carbons (Fsp3) is 0.500. The Balaban J connectivity index is 0.00000200. The summed E-state index contributed by atoms with van der Waals surface area (Å²) in [6.45, 7) is 4.26. The van der Waals surface area contributed by atoms with Crippen LogP contribution in [-0.4, -0.2) is 36.2 Å². The van der Waals surface area contributed by atoms with Crippen LogP contribution in [0.4, 0.5) is 4.39 Å². The van der Waals surface area contributed by atoms with Gasteiger partial charge in [0.15, 0.2) is 0 Å². The zero-order chi connectivity index (χ0) is 13.9. The molecular weight excluding hydrogens is 299 g/mol. The van der Waals surface area contributed by atoms with Crippen molar-refractivity contribution in [3.8, 4) is 0 Å². The molecule has 0 radical (unpaired) electrons. The molecule has 1 amide bonds. The third-order valence-corrected chi connectivity index (χ3v) is 4.58. The Morgan fingerprint density at radius 3 is 2.65 bits per heavy atom. The molecule has 1 atom stereocenters. The van der Waals surface area contributed by atoms with Crippen molar-refractivity contribution in [3.63, 3.8) is 0 Å². The van der Waals surface area contributed by atoms with Crippen LogP contribution < -0.4 is 5.73 Å². The molecule has 112 valence electrons. The maximum absolute atomic E-state index is 12.8. The number of hydrogen-bond donors (Lipinski definition) is 1. The standard InChI is InChI=1S/C14H19FN2OS.ClH/c1-14(9-16)6-7-17(10-14)13(18)8-19-12-4-2-11(15)3-5-12;/h2-5H,6-10,16H2,1H3;1H. The van der Waals surface area contributed by atoms with Crippen LogP contribution in [0.25, 0.3) is 0 Å². The van der Waals surface area contributed by atoms with Gasteiger partial charge in [0.1, 0.15) is 5.82 Å². The number of nitrogens with two attached hydrogens (primary N) is 1. The molecule has 0 aromatic heterocycles. The summed E-state index contributed by atoms with van der Waals surface area (Å²) in [6.07, 6.45) is 0.969. The number of hydrogen-bond acceptors (Lipinski definition) is 3. The summed E-state index contributed by atoms with van der Waals surface area (Å²) in [6, 6.07) is 6.21. The minimum Gasteiger partial charge on any atom is -0.341 e. The molecule has 1 aromatic rings. The van der Waals surface area contributed by atoms with Crippen LogP contribution in [0.3, 0.4) is 0 Å². The maximum Gasteiger partial charge on any atom is 0.232 e. The number of amides is 1. The van der Waals surface area contributed by atoms with Crippen LogP contribution >= 0.6 is 24.2 Å². The molecule has 2 N–H and O–H groups in total. The summed E-state index contributed by atoms with van der Waals surface area (Å²) in [5, 5.41) is 0. The number of thioether (sulfide) groups is 1. The fourth-order valence-corrected chi connectivity index (χ4v) is 2.97. The number of rotatable bonds is 4. The zero-order valence-corrected chi connectivity index (χ0v) is 13.1. The number of halogens is 2. The Labute approximate surface area is 129 Å². The summed E-state index contributed by atoms with van der Waals surface area (Å²) in [7, 11) is 0. The molecule has 1 unspecified atom stereocenters. The number of nitrogens with zero attached hydrogens (tertiary/aromatic N) is 1. The van der Waals surface area contributed by atoms with Gasteiger partial charge in [0.05, 0.1) is 5.75 Å². The van der Waals surface area contributed by atoms with E-state index in [1.807, 2.05) is 4.90 Å². The third kappa shape index (κ3) is 4.36. The quantitative estimate of drug-likeness (QED) is 0.868. The van der Waals surface area contributed by atoms with E-state index in [-0.39, 0.29) is 29.5 Å². The molecule has 3 nitrogen and oxygen atoms in total. The molecule has 20 heavy (non-hydrogen) atoms. The van der Waals surface area contributed by atoms with Gasteiger partial charge in [-0.05, 0) is 42.6 Å². The Hall–Kier alpha value is -0.780. The summed E-state index contributed by atoms with van der Waals surface area (Å²) < 4.78 is 12.8. The lowest BCUT2D eigenvalue weighted by molar-refractivity contribution is -0.127. The van der Waals surface area contributed by atoms with Crippen LogP contribution in [0.1, 0.15) is 13.3 Å². The molecule has 0 bridgehead atoms. The Morgan fingerprint density at radius 1 is 1.45 bits per heavy atom. The molecule has 0 aliphatic carbocycles. The van der Waals surface area contributed by atoms with Crippen molar-refractivity contribution < 1.29 is 9.18 Å². The Kier molecular flexibility index (Phi) is 6.30. The second kappa shape index (κ2) is 7.29. The topological polar surface area (TPSA) is 46.3 Å². The van der Waals surface area contributed by atoms with E-state index < -0.39 is 0 Å². The van der Waals surface area contributed by atoms with E-state index in [1.165, 1.54) is 23.9 Å². The van der Waals surface area contributed by atoms with Crippen LogP contribution in [0.2, 0.25) is 0 Å². The zero-order valence-electron chi connectivity index (χ0n) is 11.5. The van der Waals surface area contributed by atoms with E-state index in [0.29, 0.717) is 12.3 Å². The predicted octanol–water partition coefficient (Wildman–Crippen LogP) is 2.54. The number of benzene rings is 1. The van der Waals surface area contributed by atoms with E-state index in [9.17, 15) is 9.18 Å². The molecule has 1 fully saturated rings. The second-order valence-electron chi connectivity index (χ2n) is 5.32. The van der Waals surface area contributed by atoms with Gasteiger partial charge in [0.25, 0.3) is 0 Å². The highest BCUT2D eigenvalue weighted by atomic mass is 35.5. The molecule has 2 rings (SSSR count). The molecule has 0 saturated carbocycles. The molecule has 1 aromatic carbocycles. The lowest BCUT2D eigenvalue weighted by Crippen LogP contribution is -2.35. The molecule has 1 heterocycles. The van der Waals surface area contributed by atoms with Gasteiger partial charge in [-0.3, -0.25) is 4.79 Å². The first-order chi connectivity index (χ1) is 9.02. The molecule has 0 spiro atoms. The van der Waals surface area contributed by atoms with Crippen LogP contribution in [-0.2, 0) is 4.79 Å². The second-order valence-corrected chi connectivity index (χ2v) is 6.37. The van der Waals surface area contributed by atoms with Crippen LogP contribution in [0.5, 0.6) is 0 Å². The van der Waals surface area contributed by atoms with Crippen LogP contribution in [0, 0.1) is 11.2 Å². The third-order valence-electron chi connectivity index (χ3n) is 3.58. The summed E-state index contributed by atoms with van der Waals surface area (Å²) in [5.74, 6) is 0.271. The van der Waals surface area contributed by atoms with E-state index in [1.54, 1.807) is 12.1 Å². The van der Waals surface area contributed by atoms with Gasteiger partial charge >= 0.3 is 0 Å². The summed E-state index contributed by atoms with van der Waals surface area (Å²) in [4.78, 5) is 14.9. The average molecular weight is 319 g/mol. The SMILES string of the molecule is CC1(CN)CCN(C(=O)CSc2ccc(F)cc2)C1.Cl. The first-order valence-corrected chi connectivity index (χ1v) is 7.37. The van der Waals surface area contributed by atoms with E-state index in [0.717, 1.165) is 24.4 Å². The lowest BCUT2D eigenvalue weighted by atomic mass is 9.90. The molecule has 1 aliphatic rings. The molecule has 6 heteroatoms. The average Bonchev–Trinajstić information content (AvgIpc) is 2.81. The van der Waals surface area contributed by atoms with Crippen molar-refractivity contribution in [2.45, 2.75) is 18.2 Å². The monoisotopic (exact) mass is 318 g/mol. The van der Waals surface area contributed by atoms with Gasteiger partial charge in [-0.15, -0.1) is 24.2 Å². The summed E-state index contributed by atoms with van der Waals surface area (Å²) in [5.41, 5.74) is 5.80. The van der Waals surface area contributed by atoms with Crippen molar-refractivity contribution in [2.24, 2.45) is 11.1 Å². The first kappa shape index (κ1) is 17.3. The van der Waals surface area contributed by atoms with Crippen LogP contribution in [0.15, 0.2) is 29.2 Å². The fourth-order valence-electron chi connectivity index (χ4n) is 2.17. The highest BCUT2D eigenvalue weighted by molar-refractivity contribution is 8.00. The lowest BCUT2D eigenvalue weighted by Gasteiger charge is -2.22. The predicted molar refractivity (Wildman–Crippen MR) is 82.7 cm³/mol. The minimum atomic E-state index is -0.256. The van der Waals surface area contributed by atoms with Crippen molar-refractivity contribution in [3.05, 3.63) is 30.1 Å². The van der Waals surface area contributed by atoms with Crippen molar-refractivity contribution in [2.75, 3.05) is 25.4 Å². The van der Waals surface area contributed by atoms with Gasteiger partial charge in [-0.2, -0.15) is 0 Å². The Bertz CT molecular complexity index is 457. The van der Waals surface area contributed by atoms with Gasteiger partial charge in [0, 0.05) is 18.0 Å². The number of likely N-dealkylation sites (tertiary alicyclic amines) is 1. The van der Waals surface area contributed by atoms with E-state index in [2.05, 4.69) is 6.92 Å².